The normalized spacial score (nSPS) is 14.1. The summed E-state index contributed by atoms with van der Waals surface area (Å²) in [4.78, 5) is 32.4. The van der Waals surface area contributed by atoms with Crippen molar-refractivity contribution in [3.05, 3.63) is 66.0 Å². The van der Waals surface area contributed by atoms with E-state index >= 15 is 0 Å². The van der Waals surface area contributed by atoms with Crippen LogP contribution in [0.5, 0.6) is 0 Å². The number of aromatic nitrogens is 3. The molecule has 1 aromatic heterocycles. The van der Waals surface area contributed by atoms with Crippen LogP contribution in [0.25, 0.3) is 0 Å². The Bertz CT molecular complexity index is 1170. The molecule has 2 amide bonds. The van der Waals surface area contributed by atoms with E-state index in [1.807, 2.05) is 48.2 Å². The molecule has 3 aromatic rings. The van der Waals surface area contributed by atoms with Crippen molar-refractivity contribution < 1.29 is 14.0 Å². The highest BCUT2D eigenvalue weighted by atomic mass is 32.2. The number of benzene rings is 2. The van der Waals surface area contributed by atoms with Crippen molar-refractivity contribution in [2.75, 3.05) is 35.7 Å². The minimum atomic E-state index is -0.355. The summed E-state index contributed by atoms with van der Waals surface area (Å²) in [6.45, 7) is 4.06. The molecule has 2 aromatic carbocycles. The number of hydrogen-bond acceptors (Lipinski definition) is 6. The molecule has 1 fully saturated rings. The Hall–Kier alpha value is -3.40. The SMILES string of the molecule is C[C@H](CSc1cc(N2CCCC2)c(F)cc1N(C)C=O)NC(=O)c1ncn(Cc2ccccc2)n1. The van der Waals surface area contributed by atoms with Gasteiger partial charge in [0.2, 0.25) is 12.2 Å². The Morgan fingerprint density at radius 3 is 2.71 bits per heavy atom. The molecule has 1 saturated heterocycles. The van der Waals surface area contributed by atoms with Gasteiger partial charge in [0.1, 0.15) is 12.1 Å². The number of rotatable bonds is 10. The summed E-state index contributed by atoms with van der Waals surface area (Å²) in [5.41, 5.74) is 2.13. The van der Waals surface area contributed by atoms with Gasteiger partial charge in [-0.1, -0.05) is 30.3 Å². The fourth-order valence-electron chi connectivity index (χ4n) is 3.97. The minimum absolute atomic E-state index is 0.109. The van der Waals surface area contributed by atoms with Crippen LogP contribution >= 0.6 is 11.8 Å². The lowest BCUT2D eigenvalue weighted by molar-refractivity contribution is -0.107. The Kier molecular flexibility index (Phi) is 8.02. The largest absolute Gasteiger partial charge is 0.369 e. The zero-order valence-electron chi connectivity index (χ0n) is 19.9. The van der Waals surface area contributed by atoms with Crippen molar-refractivity contribution in [2.45, 2.75) is 37.2 Å². The van der Waals surface area contributed by atoms with Gasteiger partial charge in [-0.05, 0) is 31.4 Å². The molecule has 4 rings (SSSR count). The first-order chi connectivity index (χ1) is 16.9. The van der Waals surface area contributed by atoms with Crippen LogP contribution in [0, 0.1) is 5.82 Å². The molecule has 1 N–H and O–H groups in total. The van der Waals surface area contributed by atoms with Crippen LogP contribution in [-0.2, 0) is 11.3 Å². The number of carbonyl (C=O) groups is 2. The Morgan fingerprint density at radius 1 is 1.26 bits per heavy atom. The molecule has 35 heavy (non-hydrogen) atoms. The molecule has 8 nitrogen and oxygen atoms in total. The Labute approximate surface area is 208 Å². The summed E-state index contributed by atoms with van der Waals surface area (Å²) in [7, 11) is 1.60. The van der Waals surface area contributed by atoms with E-state index in [2.05, 4.69) is 15.4 Å². The van der Waals surface area contributed by atoms with Crippen molar-refractivity contribution in [3.8, 4) is 0 Å². The topological polar surface area (TPSA) is 83.4 Å². The van der Waals surface area contributed by atoms with Gasteiger partial charge in [-0.3, -0.25) is 9.59 Å². The molecule has 0 saturated carbocycles. The maximum absolute atomic E-state index is 14.8. The zero-order valence-corrected chi connectivity index (χ0v) is 20.7. The molecular weight excluding hydrogens is 467 g/mol. The molecule has 1 aliphatic heterocycles. The molecule has 1 atom stereocenters. The maximum atomic E-state index is 14.8. The molecule has 0 radical (unpaired) electrons. The third-order valence-electron chi connectivity index (χ3n) is 5.81. The summed E-state index contributed by atoms with van der Waals surface area (Å²) in [5.74, 6) is -0.0518. The molecule has 0 spiro atoms. The lowest BCUT2D eigenvalue weighted by Crippen LogP contribution is -2.35. The van der Waals surface area contributed by atoms with Crippen LogP contribution in [0.3, 0.4) is 0 Å². The molecule has 0 bridgehead atoms. The quantitative estimate of drug-likeness (QED) is 0.341. The average Bonchev–Trinajstić information content (AvgIpc) is 3.56. The van der Waals surface area contributed by atoms with Crippen LogP contribution in [0.15, 0.2) is 53.7 Å². The second-order valence-electron chi connectivity index (χ2n) is 8.62. The van der Waals surface area contributed by atoms with Gasteiger partial charge in [0.05, 0.1) is 17.9 Å². The van der Waals surface area contributed by atoms with Gasteiger partial charge in [-0.15, -0.1) is 16.9 Å². The van der Waals surface area contributed by atoms with Crippen LogP contribution < -0.4 is 15.1 Å². The minimum Gasteiger partial charge on any atom is -0.369 e. The summed E-state index contributed by atoms with van der Waals surface area (Å²) in [6.07, 6.45) is 4.28. The predicted molar refractivity (Wildman–Crippen MR) is 136 cm³/mol. The van der Waals surface area contributed by atoms with E-state index in [1.54, 1.807) is 18.1 Å². The van der Waals surface area contributed by atoms with Gasteiger partial charge in [0.25, 0.3) is 5.91 Å². The van der Waals surface area contributed by atoms with Gasteiger partial charge in [-0.25, -0.2) is 14.1 Å². The molecule has 0 unspecified atom stereocenters. The van der Waals surface area contributed by atoms with Crippen LogP contribution in [0.2, 0.25) is 0 Å². The van der Waals surface area contributed by atoms with Gasteiger partial charge in [-0.2, -0.15) is 0 Å². The lowest BCUT2D eigenvalue weighted by atomic mass is 10.2. The first-order valence-electron chi connectivity index (χ1n) is 11.6. The molecule has 2 heterocycles. The van der Waals surface area contributed by atoms with Gasteiger partial charge in [0.15, 0.2) is 0 Å². The highest BCUT2D eigenvalue weighted by Crippen LogP contribution is 2.36. The first-order valence-corrected chi connectivity index (χ1v) is 12.6. The molecule has 0 aliphatic carbocycles. The van der Waals surface area contributed by atoms with Crippen molar-refractivity contribution in [2.24, 2.45) is 0 Å². The Balaban J connectivity index is 1.39. The number of hydrogen-bond donors (Lipinski definition) is 1. The van der Waals surface area contributed by atoms with E-state index in [0.717, 1.165) is 36.4 Å². The van der Waals surface area contributed by atoms with Gasteiger partial charge >= 0.3 is 0 Å². The highest BCUT2D eigenvalue weighted by molar-refractivity contribution is 7.99. The van der Waals surface area contributed by atoms with Crippen molar-refractivity contribution in [3.63, 3.8) is 0 Å². The smallest absolute Gasteiger partial charge is 0.291 e. The first kappa shape index (κ1) is 24.7. The number of carbonyl (C=O) groups excluding carboxylic acids is 2. The van der Waals surface area contributed by atoms with Crippen LogP contribution in [-0.4, -0.2) is 59.0 Å². The number of anilines is 2. The number of thioether (sulfide) groups is 1. The zero-order chi connectivity index (χ0) is 24.8. The summed E-state index contributed by atoms with van der Waals surface area (Å²) < 4.78 is 16.4. The van der Waals surface area contributed by atoms with E-state index in [4.69, 9.17) is 0 Å². The lowest BCUT2D eigenvalue weighted by Gasteiger charge is -2.23. The third kappa shape index (κ3) is 6.19. The molecule has 1 aliphatic rings. The number of amides is 2. The van der Waals surface area contributed by atoms with Crippen molar-refractivity contribution >= 4 is 35.5 Å². The van der Waals surface area contributed by atoms with E-state index < -0.39 is 0 Å². The van der Waals surface area contributed by atoms with Crippen LogP contribution in [0.4, 0.5) is 15.8 Å². The number of nitrogens with zero attached hydrogens (tertiary/aromatic N) is 5. The standard InChI is InChI=1S/C25H29FN6O2S/c1-18(28-25(34)24-27-16-32(29-24)14-19-8-4-3-5-9-19)15-35-23-13-21(31-10-6-7-11-31)20(26)12-22(23)30(2)17-33/h3-5,8-9,12-13,16-18H,6-7,10-11,14-15H2,1-2H3,(H,28,34)/t18-/m1/s1. The number of nitrogens with one attached hydrogen (secondary N) is 1. The highest BCUT2D eigenvalue weighted by Gasteiger charge is 2.21. The average molecular weight is 497 g/mol. The van der Waals surface area contributed by atoms with Crippen molar-refractivity contribution in [1.82, 2.24) is 20.1 Å². The molecule has 184 valence electrons. The van der Waals surface area contributed by atoms with Crippen LogP contribution in [0.1, 0.15) is 35.9 Å². The van der Waals surface area contributed by atoms with Gasteiger partial charge < -0.3 is 15.1 Å². The van der Waals surface area contributed by atoms with Crippen molar-refractivity contribution in [1.29, 1.82) is 0 Å². The van der Waals surface area contributed by atoms with Gasteiger partial charge in [0, 0.05) is 42.9 Å². The maximum Gasteiger partial charge on any atom is 0.291 e. The molecular formula is C25H29FN6O2S. The fourth-order valence-corrected chi connectivity index (χ4v) is 5.03. The molecule has 10 heteroatoms. The summed E-state index contributed by atoms with van der Waals surface area (Å²) in [5, 5.41) is 7.21. The fraction of sp³-hybridized carbons (Fsp3) is 0.360. The predicted octanol–water partition coefficient (Wildman–Crippen LogP) is 3.57. The van der Waals surface area contributed by atoms with E-state index in [9.17, 15) is 14.0 Å². The second kappa shape index (κ2) is 11.4. The summed E-state index contributed by atoms with van der Waals surface area (Å²) >= 11 is 1.47. The monoisotopic (exact) mass is 496 g/mol. The second-order valence-corrected chi connectivity index (χ2v) is 9.68. The van der Waals surface area contributed by atoms with E-state index in [0.29, 0.717) is 30.1 Å². The summed E-state index contributed by atoms with van der Waals surface area (Å²) in [6, 6.07) is 12.8. The third-order valence-corrected chi connectivity index (χ3v) is 7.11. The van der Waals surface area contributed by atoms with E-state index in [1.165, 1.54) is 22.7 Å². The Morgan fingerprint density at radius 2 is 2.00 bits per heavy atom. The number of halogens is 1. The van der Waals surface area contributed by atoms with E-state index in [-0.39, 0.29) is 23.6 Å².